The number of carbonyl (C=O) groups is 2. The largest absolute Gasteiger partial charge is 0.371 e. The smallest absolute Gasteiger partial charge is 0.250 e. The lowest BCUT2D eigenvalue weighted by atomic mass is 10.1. The summed E-state index contributed by atoms with van der Waals surface area (Å²) in [5.74, 6) is -0.0924. The summed E-state index contributed by atoms with van der Waals surface area (Å²) in [6.07, 6.45) is 4.53. The maximum absolute atomic E-state index is 12.2. The molecule has 156 valence electrons. The van der Waals surface area contributed by atoms with Crippen LogP contribution in [0.5, 0.6) is 0 Å². The van der Waals surface area contributed by atoms with Crippen LogP contribution in [0.1, 0.15) is 29.8 Å². The molecule has 1 unspecified atom stereocenters. The number of nitrogens with one attached hydrogen (secondary N) is 1. The summed E-state index contributed by atoms with van der Waals surface area (Å²) in [4.78, 5) is 34.5. The molecule has 0 aliphatic carbocycles. The fraction of sp³-hybridized carbons (Fsp3) is 0.304. The summed E-state index contributed by atoms with van der Waals surface area (Å²) >= 11 is 0. The molecule has 1 aliphatic rings. The monoisotopic (exact) mass is 405 g/mol. The van der Waals surface area contributed by atoms with Gasteiger partial charge >= 0.3 is 0 Å². The van der Waals surface area contributed by atoms with E-state index >= 15 is 0 Å². The first-order valence-corrected chi connectivity index (χ1v) is 9.70. The fourth-order valence-electron chi connectivity index (χ4n) is 3.86. The molecule has 1 saturated heterocycles. The highest BCUT2D eigenvalue weighted by atomic mass is 16.1. The second kappa shape index (κ2) is 9.35. The van der Waals surface area contributed by atoms with Gasteiger partial charge in [0.05, 0.1) is 17.5 Å². The van der Waals surface area contributed by atoms with Gasteiger partial charge in [-0.05, 0) is 30.0 Å². The van der Waals surface area contributed by atoms with Crippen LogP contribution < -0.4 is 16.0 Å². The lowest BCUT2D eigenvalue weighted by Gasteiger charge is -2.21. The van der Waals surface area contributed by atoms with E-state index < -0.39 is 5.91 Å². The number of nitrogens with zero attached hydrogens (tertiary/aromatic N) is 3. The third-order valence-electron chi connectivity index (χ3n) is 5.34. The minimum absolute atomic E-state index is 0. The van der Waals surface area contributed by atoms with Crippen molar-refractivity contribution in [3.05, 3.63) is 66.1 Å². The normalized spacial score (nSPS) is 15.6. The number of fused-ring (bicyclic) bond motifs is 1. The third kappa shape index (κ3) is 4.56. The van der Waals surface area contributed by atoms with E-state index in [2.05, 4.69) is 20.2 Å². The van der Waals surface area contributed by atoms with Crippen molar-refractivity contribution in [2.45, 2.75) is 20.3 Å². The summed E-state index contributed by atoms with van der Waals surface area (Å²) in [6.45, 7) is 2.35. The van der Waals surface area contributed by atoms with Gasteiger partial charge in [0.25, 0.3) is 5.91 Å². The van der Waals surface area contributed by atoms with Crippen molar-refractivity contribution in [2.24, 2.45) is 11.7 Å². The van der Waals surface area contributed by atoms with Crippen LogP contribution in [0.25, 0.3) is 10.9 Å². The molecule has 3 N–H and O–H groups in total. The maximum Gasteiger partial charge on any atom is 0.250 e. The Bertz CT molecular complexity index is 1040. The molecule has 0 saturated carbocycles. The van der Waals surface area contributed by atoms with Gasteiger partial charge in [-0.2, -0.15) is 0 Å². The Morgan fingerprint density at radius 2 is 1.97 bits per heavy atom. The van der Waals surface area contributed by atoms with Crippen LogP contribution >= 0.6 is 0 Å². The van der Waals surface area contributed by atoms with E-state index in [1.807, 2.05) is 36.4 Å². The minimum Gasteiger partial charge on any atom is -0.371 e. The Morgan fingerprint density at radius 1 is 1.17 bits per heavy atom. The van der Waals surface area contributed by atoms with Crippen LogP contribution in [0.4, 0.5) is 5.69 Å². The van der Waals surface area contributed by atoms with Crippen molar-refractivity contribution in [3.63, 3.8) is 0 Å². The average Bonchev–Trinajstić information content (AvgIpc) is 3.21. The number of benzene rings is 2. The number of hydrogen-bond donors (Lipinski definition) is 2. The van der Waals surface area contributed by atoms with Crippen LogP contribution in [0.2, 0.25) is 0 Å². The van der Waals surface area contributed by atoms with Crippen LogP contribution in [0.3, 0.4) is 0 Å². The first-order valence-electron chi connectivity index (χ1n) is 9.70. The molecule has 30 heavy (non-hydrogen) atoms. The molecule has 0 spiro atoms. The molecule has 1 fully saturated rings. The molecule has 1 atom stereocenters. The maximum atomic E-state index is 12.2. The van der Waals surface area contributed by atoms with Crippen LogP contribution in [-0.4, -0.2) is 41.4 Å². The van der Waals surface area contributed by atoms with Gasteiger partial charge < -0.3 is 16.0 Å². The number of amides is 2. The Morgan fingerprint density at radius 3 is 2.73 bits per heavy atom. The Kier molecular flexibility index (Phi) is 6.61. The number of nitrogens with two attached hydrogens (primary N) is 1. The van der Waals surface area contributed by atoms with E-state index in [0.29, 0.717) is 30.0 Å². The molecule has 1 aromatic heterocycles. The molecule has 7 heteroatoms. The van der Waals surface area contributed by atoms with E-state index in [0.717, 1.165) is 36.1 Å². The number of anilines is 1. The number of rotatable bonds is 6. The highest BCUT2D eigenvalue weighted by Gasteiger charge is 2.25. The zero-order chi connectivity index (χ0) is 20.2. The molecule has 2 heterocycles. The molecule has 7 nitrogen and oxygen atoms in total. The van der Waals surface area contributed by atoms with Gasteiger partial charge in [0.2, 0.25) is 5.91 Å². The fourth-order valence-corrected chi connectivity index (χ4v) is 3.86. The zero-order valence-electron chi connectivity index (χ0n) is 16.0. The van der Waals surface area contributed by atoms with Gasteiger partial charge in [-0.1, -0.05) is 37.8 Å². The van der Waals surface area contributed by atoms with Gasteiger partial charge in [-0.25, -0.2) is 9.97 Å². The Hall–Kier alpha value is -3.48. The average molecular weight is 406 g/mol. The molecular weight excluding hydrogens is 378 g/mol. The van der Waals surface area contributed by atoms with E-state index in [1.54, 1.807) is 12.3 Å². The summed E-state index contributed by atoms with van der Waals surface area (Å²) in [5.41, 5.74) is 8.45. The zero-order valence-corrected chi connectivity index (χ0v) is 16.0. The number of hydrogen-bond acceptors (Lipinski definition) is 5. The topological polar surface area (TPSA) is 101 Å². The summed E-state index contributed by atoms with van der Waals surface area (Å²) < 4.78 is 0. The van der Waals surface area contributed by atoms with E-state index in [9.17, 15) is 9.59 Å². The van der Waals surface area contributed by atoms with Gasteiger partial charge in [0.15, 0.2) is 0 Å². The first kappa shape index (κ1) is 21.2. The molecule has 3 aromatic rings. The van der Waals surface area contributed by atoms with Crippen LogP contribution in [0.15, 0.2) is 55.0 Å². The number of aromatic nitrogens is 2. The van der Waals surface area contributed by atoms with Gasteiger partial charge in [0, 0.05) is 36.9 Å². The predicted molar refractivity (Wildman–Crippen MR) is 118 cm³/mol. The SMILES string of the molecule is C.NC(=O)c1ccc(N2CCC(CNC(=O)Cc3ccccc3)C2)c2cncnc12. The second-order valence-corrected chi connectivity index (χ2v) is 7.35. The van der Waals surface area contributed by atoms with Crippen molar-refractivity contribution < 1.29 is 9.59 Å². The van der Waals surface area contributed by atoms with E-state index in [-0.39, 0.29) is 13.3 Å². The molecule has 1 aliphatic heterocycles. The van der Waals surface area contributed by atoms with Crippen molar-refractivity contribution in [1.29, 1.82) is 0 Å². The van der Waals surface area contributed by atoms with E-state index in [1.165, 1.54) is 6.33 Å². The first-order chi connectivity index (χ1) is 14.1. The lowest BCUT2D eigenvalue weighted by molar-refractivity contribution is -0.120. The Balaban J connectivity index is 0.00000256. The van der Waals surface area contributed by atoms with Crippen LogP contribution in [0, 0.1) is 5.92 Å². The highest BCUT2D eigenvalue weighted by Crippen LogP contribution is 2.31. The van der Waals surface area contributed by atoms with E-state index in [4.69, 9.17) is 5.73 Å². The van der Waals surface area contributed by atoms with Crippen molar-refractivity contribution in [2.75, 3.05) is 24.5 Å². The molecule has 0 radical (unpaired) electrons. The van der Waals surface area contributed by atoms with Gasteiger partial charge in [-0.15, -0.1) is 0 Å². The van der Waals surface area contributed by atoms with Gasteiger partial charge in [0.1, 0.15) is 6.33 Å². The summed E-state index contributed by atoms with van der Waals surface area (Å²) in [5, 5.41) is 3.87. The lowest BCUT2D eigenvalue weighted by Crippen LogP contribution is -2.32. The second-order valence-electron chi connectivity index (χ2n) is 7.35. The molecular formula is C23H27N5O2. The van der Waals surface area contributed by atoms with Gasteiger partial charge in [-0.3, -0.25) is 9.59 Å². The Labute approximate surface area is 176 Å². The standard InChI is InChI=1S/C22H23N5O2.CH4/c23-22(29)17-6-7-19(18-12-24-14-26-21(17)18)27-9-8-16(13-27)11-25-20(28)10-15-4-2-1-3-5-15;/h1-7,12,14,16H,8-11,13H2,(H2,23,29)(H,25,28);1H4. The van der Waals surface area contributed by atoms with Crippen molar-refractivity contribution >= 4 is 28.4 Å². The number of carbonyl (C=O) groups excluding carboxylic acids is 2. The highest BCUT2D eigenvalue weighted by molar-refractivity contribution is 6.07. The molecule has 2 aromatic carbocycles. The molecule has 0 bridgehead atoms. The minimum atomic E-state index is -0.499. The van der Waals surface area contributed by atoms with Crippen molar-refractivity contribution in [1.82, 2.24) is 15.3 Å². The molecule has 4 rings (SSSR count). The summed E-state index contributed by atoms with van der Waals surface area (Å²) in [6, 6.07) is 13.4. The van der Waals surface area contributed by atoms with Crippen LogP contribution in [-0.2, 0) is 11.2 Å². The molecule has 2 amide bonds. The van der Waals surface area contributed by atoms with Crippen molar-refractivity contribution in [3.8, 4) is 0 Å². The predicted octanol–water partition coefficient (Wildman–Crippen LogP) is 2.55. The number of primary amides is 1. The summed E-state index contributed by atoms with van der Waals surface area (Å²) in [7, 11) is 0. The third-order valence-corrected chi connectivity index (χ3v) is 5.34. The quantitative estimate of drug-likeness (QED) is 0.656.